The molecule has 0 saturated heterocycles. The van der Waals surface area contributed by atoms with Gasteiger partial charge in [-0.05, 0) is 97.4 Å². The van der Waals surface area contributed by atoms with Gasteiger partial charge >= 0.3 is 5.97 Å². The topological polar surface area (TPSA) is 61.7 Å². The van der Waals surface area contributed by atoms with Crippen LogP contribution in [0.4, 0.5) is 0 Å². The first kappa shape index (κ1) is 29.3. The van der Waals surface area contributed by atoms with Gasteiger partial charge in [0.1, 0.15) is 5.84 Å². The first-order valence-electron chi connectivity index (χ1n) is 14.6. The molecule has 2 atom stereocenters. The van der Waals surface area contributed by atoms with E-state index < -0.39 is 5.97 Å². The fourth-order valence-corrected chi connectivity index (χ4v) is 5.83. The number of hydrogen-bond donors (Lipinski definition) is 2. The molecule has 2 N–H and O–H groups in total. The zero-order valence-corrected chi connectivity index (χ0v) is 24.9. The molecule has 1 saturated carbocycles. The maximum absolute atomic E-state index is 11.7. The molecule has 4 heteroatoms. The van der Waals surface area contributed by atoms with E-state index in [1.807, 2.05) is 31.3 Å². The highest BCUT2D eigenvalue weighted by Crippen LogP contribution is 2.35. The summed E-state index contributed by atoms with van der Waals surface area (Å²) in [5.41, 5.74) is 9.77. The Morgan fingerprint density at radius 3 is 2.25 bits per heavy atom. The molecule has 0 aliphatic heterocycles. The van der Waals surface area contributed by atoms with Crippen LogP contribution in [0.1, 0.15) is 98.8 Å². The van der Waals surface area contributed by atoms with E-state index in [0.717, 1.165) is 28.9 Å². The Morgan fingerprint density at radius 1 is 0.950 bits per heavy atom. The van der Waals surface area contributed by atoms with Gasteiger partial charge < -0.3 is 10.4 Å². The van der Waals surface area contributed by atoms with Crippen LogP contribution in [0.25, 0.3) is 16.7 Å². The number of rotatable bonds is 9. The van der Waals surface area contributed by atoms with E-state index >= 15 is 0 Å². The van der Waals surface area contributed by atoms with E-state index in [1.165, 1.54) is 53.5 Å². The Kier molecular flexibility index (Phi) is 9.63. The normalized spacial score (nSPS) is 15.5. The molecule has 0 bridgehead atoms. The highest BCUT2D eigenvalue weighted by molar-refractivity contribution is 6.00. The lowest BCUT2D eigenvalue weighted by atomic mass is 9.80. The third-order valence-corrected chi connectivity index (χ3v) is 8.72. The molecule has 0 aromatic heterocycles. The van der Waals surface area contributed by atoms with Gasteiger partial charge in [0.2, 0.25) is 0 Å². The number of allylic oxidation sites excluding steroid dienone is 2. The summed E-state index contributed by atoms with van der Waals surface area (Å²) in [5.74, 6) is 0.868. The van der Waals surface area contributed by atoms with Gasteiger partial charge in [0.25, 0.3) is 0 Å². The van der Waals surface area contributed by atoms with Gasteiger partial charge in [-0.15, -0.1) is 0 Å². The van der Waals surface area contributed by atoms with E-state index in [1.54, 1.807) is 12.1 Å². The zero-order chi connectivity index (χ0) is 28.8. The predicted molar refractivity (Wildman–Crippen MR) is 168 cm³/mol. The first-order valence-corrected chi connectivity index (χ1v) is 14.6. The minimum absolute atomic E-state index is 0.331. The summed E-state index contributed by atoms with van der Waals surface area (Å²) in [6.45, 7) is 11.3. The van der Waals surface area contributed by atoms with Crippen molar-refractivity contribution in [3.8, 4) is 11.1 Å². The molecule has 1 aliphatic rings. The molecule has 0 heterocycles. The van der Waals surface area contributed by atoms with Crippen molar-refractivity contribution < 1.29 is 9.90 Å². The predicted octanol–water partition coefficient (Wildman–Crippen LogP) is 8.76. The molecular formula is C36H44N2O2. The molecule has 210 valence electrons. The van der Waals surface area contributed by atoms with Crippen molar-refractivity contribution in [2.45, 2.75) is 78.7 Å². The number of carboxylic acids is 1. The Balaban J connectivity index is 1.56. The molecule has 1 aliphatic carbocycles. The number of aromatic carboxylic acids is 1. The number of aliphatic imine (C=N–C) groups is 1. The summed E-state index contributed by atoms with van der Waals surface area (Å²) in [6, 6.07) is 23.0. The number of nitrogens with one attached hydrogen (secondary N) is 1. The molecule has 0 spiro atoms. The average molecular weight is 537 g/mol. The van der Waals surface area contributed by atoms with Crippen molar-refractivity contribution in [2.75, 3.05) is 7.05 Å². The number of carboxylic acid groups (broad SMARTS) is 1. The summed E-state index contributed by atoms with van der Waals surface area (Å²) < 4.78 is 0. The van der Waals surface area contributed by atoms with Crippen molar-refractivity contribution in [3.05, 3.63) is 100 Å². The van der Waals surface area contributed by atoms with Gasteiger partial charge in [-0.1, -0.05) is 86.9 Å². The van der Waals surface area contributed by atoms with Gasteiger partial charge in [-0.2, -0.15) is 0 Å². The second-order valence-electron chi connectivity index (χ2n) is 11.6. The molecule has 0 radical (unpaired) electrons. The van der Waals surface area contributed by atoms with Gasteiger partial charge in [0.05, 0.1) is 5.56 Å². The smallest absolute Gasteiger partial charge is 0.336 e. The van der Waals surface area contributed by atoms with E-state index in [2.05, 4.69) is 75.3 Å². The average Bonchev–Trinajstić information content (AvgIpc) is 3.48. The molecule has 40 heavy (non-hydrogen) atoms. The second-order valence-corrected chi connectivity index (χ2v) is 11.6. The lowest BCUT2D eigenvalue weighted by Gasteiger charge is -2.25. The van der Waals surface area contributed by atoms with Crippen molar-refractivity contribution in [2.24, 2.45) is 10.9 Å². The summed E-state index contributed by atoms with van der Waals surface area (Å²) in [6.07, 6.45) is 5.98. The van der Waals surface area contributed by atoms with E-state index in [4.69, 9.17) is 0 Å². The largest absolute Gasteiger partial charge is 0.478 e. The number of carbonyl (C=O) groups is 1. The summed E-state index contributed by atoms with van der Waals surface area (Å²) >= 11 is 0. The summed E-state index contributed by atoms with van der Waals surface area (Å²) in [7, 11) is 1.88. The fourth-order valence-electron chi connectivity index (χ4n) is 5.83. The molecule has 1 fully saturated rings. The number of benzene rings is 3. The summed E-state index contributed by atoms with van der Waals surface area (Å²) in [5, 5.41) is 13.3. The molecule has 3 aromatic carbocycles. The van der Waals surface area contributed by atoms with Crippen LogP contribution in [0.5, 0.6) is 0 Å². The van der Waals surface area contributed by atoms with E-state index in [9.17, 15) is 9.90 Å². The Morgan fingerprint density at radius 2 is 1.62 bits per heavy atom. The lowest BCUT2D eigenvalue weighted by Crippen LogP contribution is -2.33. The minimum atomic E-state index is -0.901. The van der Waals surface area contributed by atoms with E-state index in [0.29, 0.717) is 23.4 Å². The van der Waals surface area contributed by atoms with Crippen molar-refractivity contribution in [1.29, 1.82) is 0 Å². The third kappa shape index (κ3) is 6.72. The maximum atomic E-state index is 11.7. The SMILES string of the molecule is CN=C(NC1CCCC1)c1ccc(C(C)C(C)Cc2ccc(-c3ccccc3C(=O)O)cc2)c(C(C)=C(C)C)c1. The number of amidine groups is 1. The van der Waals surface area contributed by atoms with Gasteiger partial charge in [-0.3, -0.25) is 4.99 Å². The number of nitrogens with zero attached hydrogens (tertiary/aromatic N) is 1. The summed E-state index contributed by atoms with van der Waals surface area (Å²) in [4.78, 5) is 16.3. The van der Waals surface area contributed by atoms with Crippen LogP contribution in [-0.4, -0.2) is 30.0 Å². The molecule has 2 unspecified atom stereocenters. The molecule has 0 amide bonds. The highest BCUT2D eigenvalue weighted by atomic mass is 16.4. The van der Waals surface area contributed by atoms with Crippen LogP contribution in [0.15, 0.2) is 77.3 Å². The van der Waals surface area contributed by atoms with Crippen LogP contribution in [0.3, 0.4) is 0 Å². The lowest BCUT2D eigenvalue weighted by molar-refractivity contribution is 0.0697. The van der Waals surface area contributed by atoms with E-state index in [-0.39, 0.29) is 0 Å². The molecular weight excluding hydrogens is 492 g/mol. The number of hydrogen-bond acceptors (Lipinski definition) is 2. The standard InChI is InChI=1S/C36H44N2O2/c1-23(2)25(4)34-22-29(35(37-6)38-30-11-7-8-12-30)19-20-31(34)26(5)24(3)21-27-15-17-28(18-16-27)32-13-9-10-14-33(32)36(39)40/h9-10,13-20,22,24,26,30H,7-8,11-12,21H2,1-6H3,(H,37,38)(H,39,40). The Hall–Kier alpha value is -3.66. The zero-order valence-electron chi connectivity index (χ0n) is 24.9. The van der Waals surface area contributed by atoms with Crippen molar-refractivity contribution >= 4 is 17.4 Å². The van der Waals surface area contributed by atoms with Crippen LogP contribution in [0.2, 0.25) is 0 Å². The minimum Gasteiger partial charge on any atom is -0.478 e. The van der Waals surface area contributed by atoms with Crippen LogP contribution in [-0.2, 0) is 6.42 Å². The van der Waals surface area contributed by atoms with Gasteiger partial charge in [0.15, 0.2) is 0 Å². The Labute approximate surface area is 240 Å². The molecule has 4 rings (SSSR count). The third-order valence-electron chi connectivity index (χ3n) is 8.72. The maximum Gasteiger partial charge on any atom is 0.336 e. The van der Waals surface area contributed by atoms with Crippen molar-refractivity contribution in [1.82, 2.24) is 5.32 Å². The monoisotopic (exact) mass is 536 g/mol. The Bertz CT molecular complexity index is 1390. The fraction of sp³-hybridized carbons (Fsp3) is 0.389. The van der Waals surface area contributed by atoms with Gasteiger partial charge in [0, 0.05) is 18.7 Å². The molecule has 3 aromatic rings. The van der Waals surface area contributed by atoms with Crippen molar-refractivity contribution in [3.63, 3.8) is 0 Å². The first-order chi connectivity index (χ1) is 19.2. The molecule has 4 nitrogen and oxygen atoms in total. The second kappa shape index (κ2) is 13.1. The van der Waals surface area contributed by atoms with Crippen LogP contribution in [0, 0.1) is 5.92 Å². The quantitative estimate of drug-likeness (QED) is 0.212. The van der Waals surface area contributed by atoms with Gasteiger partial charge in [-0.25, -0.2) is 4.79 Å². The highest BCUT2D eigenvalue weighted by Gasteiger charge is 2.22. The van der Waals surface area contributed by atoms with Crippen LogP contribution < -0.4 is 5.32 Å². The van der Waals surface area contributed by atoms with Crippen LogP contribution >= 0.6 is 0 Å².